The Balaban J connectivity index is 1.81. The summed E-state index contributed by atoms with van der Waals surface area (Å²) in [5.74, 6) is 0.0239. The molecule has 0 saturated heterocycles. The molecular weight excluding hydrogens is 395 g/mol. The van der Waals surface area contributed by atoms with Crippen LogP contribution >= 0.6 is 11.6 Å². The maximum absolute atomic E-state index is 13.0. The van der Waals surface area contributed by atoms with E-state index in [0.29, 0.717) is 11.4 Å². The molecule has 0 aliphatic carbocycles. The van der Waals surface area contributed by atoms with Gasteiger partial charge in [0.05, 0.1) is 10.6 Å². The third-order valence-electron chi connectivity index (χ3n) is 3.58. The highest BCUT2D eigenvalue weighted by atomic mass is 35.5. The molecule has 0 bridgehead atoms. The Hall–Kier alpha value is -2.91. The molecule has 1 aromatic heterocycles. The number of nitrogens with two attached hydrogens (primary N) is 1. The molecule has 27 heavy (non-hydrogen) atoms. The normalized spacial score (nSPS) is 11.2. The van der Waals surface area contributed by atoms with Gasteiger partial charge in [0, 0.05) is 13.1 Å². The predicted octanol–water partition coefficient (Wildman–Crippen LogP) is 3.47. The van der Waals surface area contributed by atoms with Crippen LogP contribution in [0.4, 0.5) is 16.0 Å². The predicted molar refractivity (Wildman–Crippen MR) is 100.0 cm³/mol. The molecule has 0 aliphatic rings. The van der Waals surface area contributed by atoms with E-state index in [0.717, 1.165) is 16.4 Å². The zero-order chi connectivity index (χ0) is 19.6. The highest BCUT2D eigenvalue weighted by molar-refractivity contribution is 7.92. The third-order valence-corrected chi connectivity index (χ3v) is 5.58. The first-order valence-corrected chi connectivity index (χ1v) is 9.40. The zero-order valence-corrected chi connectivity index (χ0v) is 15.6. The van der Waals surface area contributed by atoms with Gasteiger partial charge in [0.15, 0.2) is 0 Å². The number of ether oxygens (including phenoxy) is 1. The van der Waals surface area contributed by atoms with Crippen LogP contribution in [-0.4, -0.2) is 25.4 Å². The van der Waals surface area contributed by atoms with Gasteiger partial charge in [-0.15, -0.1) is 0 Å². The van der Waals surface area contributed by atoms with Gasteiger partial charge in [0.25, 0.3) is 10.0 Å². The van der Waals surface area contributed by atoms with Crippen molar-refractivity contribution in [1.82, 2.24) is 9.97 Å². The molecule has 2 aromatic carbocycles. The van der Waals surface area contributed by atoms with Crippen molar-refractivity contribution in [2.75, 3.05) is 17.1 Å². The molecule has 0 atom stereocenters. The second kappa shape index (κ2) is 7.37. The number of aromatic nitrogens is 2. The first-order chi connectivity index (χ1) is 12.8. The van der Waals surface area contributed by atoms with Crippen molar-refractivity contribution in [3.63, 3.8) is 0 Å². The SMILES string of the molecule is CN(c1ccc(Oc2cc(Cl)nc(N)n2)cc1)S(=O)(=O)c1ccc(F)cc1. The van der Waals surface area contributed by atoms with E-state index in [-0.39, 0.29) is 21.9 Å². The fourth-order valence-corrected chi connectivity index (χ4v) is 3.59. The van der Waals surface area contributed by atoms with Crippen molar-refractivity contribution in [1.29, 1.82) is 0 Å². The Labute approximate surface area is 160 Å². The summed E-state index contributed by atoms with van der Waals surface area (Å²) in [6.45, 7) is 0. The van der Waals surface area contributed by atoms with Crippen LogP contribution in [-0.2, 0) is 10.0 Å². The van der Waals surface area contributed by atoms with E-state index < -0.39 is 15.8 Å². The topological polar surface area (TPSA) is 98.4 Å². The first kappa shape index (κ1) is 18.9. The number of anilines is 2. The molecule has 0 saturated carbocycles. The molecule has 0 spiro atoms. The molecule has 7 nitrogen and oxygen atoms in total. The second-order valence-electron chi connectivity index (χ2n) is 5.41. The summed E-state index contributed by atoms with van der Waals surface area (Å²) in [4.78, 5) is 7.61. The van der Waals surface area contributed by atoms with E-state index >= 15 is 0 Å². The van der Waals surface area contributed by atoms with E-state index in [2.05, 4.69) is 9.97 Å². The first-order valence-electron chi connectivity index (χ1n) is 7.58. The summed E-state index contributed by atoms with van der Waals surface area (Å²) in [6, 6.07) is 12.3. The summed E-state index contributed by atoms with van der Waals surface area (Å²) >= 11 is 5.79. The van der Waals surface area contributed by atoms with Crippen molar-refractivity contribution < 1.29 is 17.5 Å². The standard InChI is InChI=1S/C17H14ClFN4O3S/c1-23(27(24,25)14-8-2-11(19)3-9-14)12-4-6-13(7-5-12)26-16-10-15(18)21-17(20)22-16/h2-10H,1H3,(H2,20,21,22). The Morgan fingerprint density at radius 3 is 2.30 bits per heavy atom. The van der Waals surface area contributed by atoms with Gasteiger partial charge in [0.1, 0.15) is 16.7 Å². The van der Waals surface area contributed by atoms with Crippen LogP contribution in [0.1, 0.15) is 0 Å². The molecule has 0 radical (unpaired) electrons. The number of hydrogen-bond acceptors (Lipinski definition) is 6. The van der Waals surface area contributed by atoms with Crippen LogP contribution in [0.2, 0.25) is 5.15 Å². The molecule has 3 aromatic rings. The average molecular weight is 409 g/mol. The maximum Gasteiger partial charge on any atom is 0.264 e. The summed E-state index contributed by atoms with van der Waals surface area (Å²) < 4.78 is 44.9. The number of hydrogen-bond donors (Lipinski definition) is 1. The van der Waals surface area contributed by atoms with E-state index in [1.54, 1.807) is 24.3 Å². The molecule has 0 aliphatic heterocycles. The molecule has 0 amide bonds. The molecule has 1 heterocycles. The van der Waals surface area contributed by atoms with Crippen molar-refractivity contribution >= 4 is 33.3 Å². The van der Waals surface area contributed by atoms with Gasteiger partial charge in [-0.1, -0.05) is 11.6 Å². The molecule has 0 fully saturated rings. The lowest BCUT2D eigenvalue weighted by molar-refractivity contribution is 0.462. The van der Waals surface area contributed by atoms with Gasteiger partial charge in [-0.3, -0.25) is 4.31 Å². The number of sulfonamides is 1. The molecule has 2 N–H and O–H groups in total. The van der Waals surface area contributed by atoms with Gasteiger partial charge in [0.2, 0.25) is 11.8 Å². The van der Waals surface area contributed by atoms with Crippen molar-refractivity contribution in [3.8, 4) is 11.6 Å². The molecular formula is C17H14ClFN4O3S. The minimum atomic E-state index is -3.82. The Morgan fingerprint density at radius 1 is 1.07 bits per heavy atom. The minimum absolute atomic E-state index is 0.0159. The third kappa shape index (κ3) is 4.26. The summed E-state index contributed by atoms with van der Waals surface area (Å²) in [7, 11) is -2.42. The Morgan fingerprint density at radius 2 is 1.70 bits per heavy atom. The van der Waals surface area contributed by atoms with Crippen molar-refractivity contribution in [2.24, 2.45) is 0 Å². The van der Waals surface area contributed by atoms with Crippen LogP contribution in [0.3, 0.4) is 0 Å². The summed E-state index contributed by atoms with van der Waals surface area (Å²) in [6.07, 6.45) is 0. The van der Waals surface area contributed by atoms with Crippen LogP contribution in [0.5, 0.6) is 11.6 Å². The quantitative estimate of drug-likeness (QED) is 0.649. The lowest BCUT2D eigenvalue weighted by Crippen LogP contribution is -2.26. The van der Waals surface area contributed by atoms with E-state index in [1.165, 1.54) is 25.2 Å². The van der Waals surface area contributed by atoms with E-state index in [1.807, 2.05) is 0 Å². The average Bonchev–Trinajstić information content (AvgIpc) is 2.61. The Kier molecular flexibility index (Phi) is 5.15. The van der Waals surface area contributed by atoms with Crippen LogP contribution in [0, 0.1) is 5.82 Å². The van der Waals surface area contributed by atoms with Gasteiger partial charge in [-0.05, 0) is 48.5 Å². The number of rotatable bonds is 5. The Bertz CT molecular complexity index is 1040. The lowest BCUT2D eigenvalue weighted by atomic mass is 10.3. The minimum Gasteiger partial charge on any atom is -0.439 e. The van der Waals surface area contributed by atoms with Gasteiger partial charge >= 0.3 is 0 Å². The van der Waals surface area contributed by atoms with Gasteiger partial charge in [-0.2, -0.15) is 4.98 Å². The number of nitrogen functional groups attached to an aromatic ring is 1. The van der Waals surface area contributed by atoms with Gasteiger partial charge in [-0.25, -0.2) is 17.8 Å². The largest absolute Gasteiger partial charge is 0.439 e. The van der Waals surface area contributed by atoms with Gasteiger partial charge < -0.3 is 10.5 Å². The van der Waals surface area contributed by atoms with E-state index in [4.69, 9.17) is 22.1 Å². The fourth-order valence-electron chi connectivity index (χ4n) is 2.21. The smallest absolute Gasteiger partial charge is 0.264 e. The van der Waals surface area contributed by atoms with E-state index in [9.17, 15) is 12.8 Å². The van der Waals surface area contributed by atoms with Crippen molar-refractivity contribution in [3.05, 3.63) is 65.6 Å². The van der Waals surface area contributed by atoms with Crippen LogP contribution in [0.15, 0.2) is 59.5 Å². The van der Waals surface area contributed by atoms with Crippen molar-refractivity contribution in [2.45, 2.75) is 4.90 Å². The molecule has 140 valence electrons. The molecule has 10 heteroatoms. The second-order valence-corrected chi connectivity index (χ2v) is 7.77. The number of halogens is 2. The number of nitrogens with zero attached hydrogens (tertiary/aromatic N) is 3. The highest BCUT2D eigenvalue weighted by Crippen LogP contribution is 2.27. The number of benzene rings is 2. The lowest BCUT2D eigenvalue weighted by Gasteiger charge is -2.19. The zero-order valence-electron chi connectivity index (χ0n) is 14.0. The van der Waals surface area contributed by atoms with Crippen LogP contribution in [0.25, 0.3) is 0 Å². The van der Waals surface area contributed by atoms with Crippen LogP contribution < -0.4 is 14.8 Å². The highest BCUT2D eigenvalue weighted by Gasteiger charge is 2.21. The fraction of sp³-hybridized carbons (Fsp3) is 0.0588. The monoisotopic (exact) mass is 408 g/mol. The summed E-state index contributed by atoms with van der Waals surface area (Å²) in [5.41, 5.74) is 5.90. The molecule has 3 rings (SSSR count). The molecule has 0 unspecified atom stereocenters. The maximum atomic E-state index is 13.0. The summed E-state index contributed by atoms with van der Waals surface area (Å²) in [5, 5.41) is 0.138.